The molecule has 0 unspecified atom stereocenters. The Balaban J connectivity index is 1.59. The maximum Gasteiger partial charge on any atom is 0.0543 e. The van der Waals surface area contributed by atoms with E-state index in [2.05, 4.69) is 62.2 Å². The third-order valence-electron chi connectivity index (χ3n) is 4.04. The molecule has 0 bridgehead atoms. The van der Waals surface area contributed by atoms with Gasteiger partial charge in [0.1, 0.15) is 0 Å². The molecule has 0 aliphatic carbocycles. The minimum absolute atomic E-state index is 0.686. The van der Waals surface area contributed by atoms with Crippen LogP contribution in [-0.4, -0.2) is 23.0 Å². The highest BCUT2D eigenvalue weighted by Crippen LogP contribution is 2.32. The van der Waals surface area contributed by atoms with Crippen LogP contribution in [0, 0.1) is 0 Å². The second-order valence-corrected chi connectivity index (χ2v) is 6.25. The van der Waals surface area contributed by atoms with Crippen molar-refractivity contribution >= 4 is 15.9 Å². The number of piperidine rings is 1. The first kappa shape index (κ1) is 13.8. The Bertz CT molecular complexity index is 548. The number of likely N-dealkylation sites (tertiary alicyclic amines) is 1. The Morgan fingerprint density at radius 2 is 1.80 bits per heavy atom. The van der Waals surface area contributed by atoms with Crippen molar-refractivity contribution in [3.63, 3.8) is 0 Å². The Morgan fingerprint density at radius 1 is 1.05 bits per heavy atom. The van der Waals surface area contributed by atoms with Gasteiger partial charge in [-0.05, 0) is 55.6 Å². The van der Waals surface area contributed by atoms with Gasteiger partial charge in [-0.15, -0.1) is 0 Å². The molecule has 1 aromatic heterocycles. The molecule has 3 heteroatoms. The van der Waals surface area contributed by atoms with Crippen molar-refractivity contribution in [2.75, 3.05) is 13.1 Å². The molecular formula is C17H19BrN2. The molecule has 2 heterocycles. The average Bonchev–Trinajstić information content (AvgIpc) is 2.50. The number of nitrogens with zero attached hydrogens (tertiary/aromatic N) is 2. The number of hydrogen-bond donors (Lipinski definition) is 0. The highest BCUT2D eigenvalue weighted by molar-refractivity contribution is 9.10. The zero-order chi connectivity index (χ0) is 13.8. The summed E-state index contributed by atoms with van der Waals surface area (Å²) in [7, 11) is 0. The summed E-state index contributed by atoms with van der Waals surface area (Å²) in [5.74, 6) is 0.686. The number of pyridine rings is 1. The molecule has 1 fully saturated rings. The van der Waals surface area contributed by atoms with Crippen molar-refractivity contribution in [1.82, 2.24) is 9.88 Å². The molecule has 2 aromatic rings. The van der Waals surface area contributed by atoms with Gasteiger partial charge in [0, 0.05) is 17.2 Å². The Labute approximate surface area is 129 Å². The van der Waals surface area contributed by atoms with Gasteiger partial charge in [0.15, 0.2) is 0 Å². The summed E-state index contributed by atoms with van der Waals surface area (Å²) in [5, 5.41) is 0. The van der Waals surface area contributed by atoms with Crippen LogP contribution in [0.2, 0.25) is 0 Å². The van der Waals surface area contributed by atoms with Crippen molar-refractivity contribution in [1.29, 1.82) is 0 Å². The molecule has 20 heavy (non-hydrogen) atoms. The van der Waals surface area contributed by atoms with Crippen LogP contribution >= 0.6 is 15.9 Å². The van der Waals surface area contributed by atoms with E-state index in [9.17, 15) is 0 Å². The van der Waals surface area contributed by atoms with Crippen molar-refractivity contribution in [2.24, 2.45) is 0 Å². The van der Waals surface area contributed by atoms with Gasteiger partial charge >= 0.3 is 0 Å². The minimum Gasteiger partial charge on any atom is -0.297 e. The fourth-order valence-corrected chi connectivity index (χ4v) is 3.54. The van der Waals surface area contributed by atoms with E-state index in [4.69, 9.17) is 0 Å². The summed E-state index contributed by atoms with van der Waals surface area (Å²) >= 11 is 3.68. The summed E-state index contributed by atoms with van der Waals surface area (Å²) in [6.45, 7) is 3.29. The fourth-order valence-electron chi connectivity index (χ4n) is 2.93. The van der Waals surface area contributed by atoms with E-state index in [1.165, 1.54) is 28.6 Å². The molecule has 0 spiro atoms. The lowest BCUT2D eigenvalue weighted by atomic mass is 9.89. The van der Waals surface area contributed by atoms with E-state index in [1.54, 1.807) is 0 Å². The van der Waals surface area contributed by atoms with Crippen molar-refractivity contribution in [3.05, 3.63) is 64.4 Å². The second-order valence-electron chi connectivity index (χ2n) is 5.39. The first-order valence-corrected chi connectivity index (χ1v) is 7.99. The summed E-state index contributed by atoms with van der Waals surface area (Å²) < 4.78 is 1.25. The van der Waals surface area contributed by atoms with Crippen molar-refractivity contribution < 1.29 is 0 Å². The summed E-state index contributed by atoms with van der Waals surface area (Å²) in [5.41, 5.74) is 2.64. The van der Waals surface area contributed by atoms with E-state index in [-0.39, 0.29) is 0 Å². The van der Waals surface area contributed by atoms with Crippen LogP contribution in [0.3, 0.4) is 0 Å². The summed E-state index contributed by atoms with van der Waals surface area (Å²) in [6.07, 6.45) is 4.34. The molecule has 1 aromatic carbocycles. The summed E-state index contributed by atoms with van der Waals surface area (Å²) in [6, 6.07) is 14.8. The molecule has 3 rings (SSSR count). The largest absolute Gasteiger partial charge is 0.297 e. The monoisotopic (exact) mass is 330 g/mol. The van der Waals surface area contributed by atoms with E-state index in [1.807, 2.05) is 12.3 Å². The highest BCUT2D eigenvalue weighted by Gasteiger charge is 2.22. The highest BCUT2D eigenvalue weighted by atomic mass is 79.9. The number of benzene rings is 1. The lowest BCUT2D eigenvalue weighted by Gasteiger charge is -2.32. The normalized spacial score (nSPS) is 17.2. The number of rotatable bonds is 3. The van der Waals surface area contributed by atoms with Crippen LogP contribution in [-0.2, 0) is 6.54 Å². The molecule has 0 radical (unpaired) electrons. The van der Waals surface area contributed by atoms with Crippen LogP contribution in [0.1, 0.15) is 30.0 Å². The third kappa shape index (κ3) is 3.28. The van der Waals surface area contributed by atoms with Gasteiger partial charge in [0.25, 0.3) is 0 Å². The number of aromatic nitrogens is 1. The average molecular weight is 331 g/mol. The maximum atomic E-state index is 4.41. The molecule has 1 aliphatic heterocycles. The second kappa shape index (κ2) is 6.51. The lowest BCUT2D eigenvalue weighted by molar-refractivity contribution is 0.202. The van der Waals surface area contributed by atoms with Gasteiger partial charge in [-0.25, -0.2) is 0 Å². The van der Waals surface area contributed by atoms with Crippen molar-refractivity contribution in [3.8, 4) is 0 Å². The first-order chi connectivity index (χ1) is 9.83. The van der Waals surface area contributed by atoms with E-state index >= 15 is 0 Å². The predicted octanol–water partition coefficient (Wildman–Crippen LogP) is 4.22. The van der Waals surface area contributed by atoms with Gasteiger partial charge in [-0.2, -0.15) is 0 Å². The predicted molar refractivity (Wildman–Crippen MR) is 85.6 cm³/mol. The van der Waals surface area contributed by atoms with Crippen LogP contribution < -0.4 is 0 Å². The van der Waals surface area contributed by atoms with E-state index in [0.29, 0.717) is 5.92 Å². The lowest BCUT2D eigenvalue weighted by Crippen LogP contribution is -2.32. The minimum atomic E-state index is 0.686. The van der Waals surface area contributed by atoms with Crippen LogP contribution in [0.25, 0.3) is 0 Å². The number of halogens is 1. The maximum absolute atomic E-state index is 4.41. The SMILES string of the molecule is Brc1ccccc1C1CCN(Cc2ccccn2)CC1. The van der Waals surface area contributed by atoms with Gasteiger partial charge in [-0.1, -0.05) is 40.2 Å². The third-order valence-corrected chi connectivity index (χ3v) is 4.77. The standard InChI is InChI=1S/C17H19BrN2/c18-17-7-2-1-6-16(17)14-8-11-20(12-9-14)13-15-5-3-4-10-19-15/h1-7,10,14H,8-9,11-13H2. The van der Waals surface area contributed by atoms with Crippen LogP contribution in [0.4, 0.5) is 0 Å². The Hall–Kier alpha value is -1.19. The Morgan fingerprint density at radius 3 is 2.50 bits per heavy atom. The smallest absolute Gasteiger partial charge is 0.0543 e. The zero-order valence-corrected chi connectivity index (χ0v) is 13.1. The van der Waals surface area contributed by atoms with E-state index in [0.717, 1.165) is 19.6 Å². The van der Waals surface area contributed by atoms with Crippen LogP contribution in [0.5, 0.6) is 0 Å². The molecule has 0 N–H and O–H groups in total. The fraction of sp³-hybridized carbons (Fsp3) is 0.353. The molecule has 0 amide bonds. The summed E-state index contributed by atoms with van der Waals surface area (Å²) in [4.78, 5) is 6.92. The molecular weight excluding hydrogens is 312 g/mol. The zero-order valence-electron chi connectivity index (χ0n) is 11.5. The molecule has 1 aliphatic rings. The van der Waals surface area contributed by atoms with E-state index < -0.39 is 0 Å². The van der Waals surface area contributed by atoms with Crippen molar-refractivity contribution in [2.45, 2.75) is 25.3 Å². The quantitative estimate of drug-likeness (QED) is 0.837. The molecule has 104 valence electrons. The van der Waals surface area contributed by atoms with Gasteiger partial charge in [0.2, 0.25) is 0 Å². The first-order valence-electron chi connectivity index (χ1n) is 7.19. The van der Waals surface area contributed by atoms with Gasteiger partial charge in [0.05, 0.1) is 5.69 Å². The number of hydrogen-bond acceptors (Lipinski definition) is 2. The van der Waals surface area contributed by atoms with Crippen LogP contribution in [0.15, 0.2) is 53.1 Å². The van der Waals surface area contributed by atoms with Gasteiger partial charge < -0.3 is 0 Å². The molecule has 1 saturated heterocycles. The topological polar surface area (TPSA) is 16.1 Å². The molecule has 0 atom stereocenters. The molecule has 0 saturated carbocycles. The van der Waals surface area contributed by atoms with Gasteiger partial charge in [-0.3, -0.25) is 9.88 Å². The Kier molecular flexibility index (Phi) is 4.48. The molecule has 2 nitrogen and oxygen atoms in total.